The van der Waals surface area contributed by atoms with Crippen molar-refractivity contribution in [2.45, 2.75) is 32.9 Å². The molecule has 2 heterocycles. The normalized spacial score (nSPS) is 14.9. The van der Waals surface area contributed by atoms with E-state index in [1.54, 1.807) is 0 Å². The number of nitriles is 1. The van der Waals surface area contributed by atoms with Crippen LogP contribution in [-0.2, 0) is 25.9 Å². The number of hydrogen-bond donors (Lipinski definition) is 1. The van der Waals surface area contributed by atoms with Crippen LogP contribution in [0.3, 0.4) is 0 Å². The first-order chi connectivity index (χ1) is 6.86. The largest absolute Gasteiger partial charge is 0.312 e. The molecule has 2 rings (SSSR count). The molecule has 0 spiro atoms. The van der Waals surface area contributed by atoms with Gasteiger partial charge in [0.05, 0.1) is 11.8 Å². The molecule has 0 saturated heterocycles. The van der Waals surface area contributed by atoms with E-state index in [9.17, 15) is 0 Å². The van der Waals surface area contributed by atoms with Crippen molar-refractivity contribution < 1.29 is 0 Å². The number of hydrogen-bond acceptors (Lipinski definition) is 3. The van der Waals surface area contributed by atoms with Gasteiger partial charge in [-0.2, -0.15) is 10.4 Å². The van der Waals surface area contributed by atoms with E-state index in [0.29, 0.717) is 6.54 Å². The fourth-order valence-corrected chi connectivity index (χ4v) is 1.97. The molecule has 4 nitrogen and oxygen atoms in total. The summed E-state index contributed by atoms with van der Waals surface area (Å²) in [5.41, 5.74) is 3.71. The second-order valence-corrected chi connectivity index (χ2v) is 3.47. The standard InChI is InChI=1S/C10H14N4/c1-2-9-8-7-12-5-3-10(8)14(13-9)6-4-11/h12H,2-3,5-7H2,1H3. The van der Waals surface area contributed by atoms with E-state index >= 15 is 0 Å². The molecule has 4 heteroatoms. The zero-order chi connectivity index (χ0) is 9.97. The molecule has 0 radical (unpaired) electrons. The van der Waals surface area contributed by atoms with E-state index < -0.39 is 0 Å². The zero-order valence-corrected chi connectivity index (χ0v) is 8.38. The van der Waals surface area contributed by atoms with Crippen molar-refractivity contribution in [1.82, 2.24) is 15.1 Å². The molecule has 0 aromatic carbocycles. The summed E-state index contributed by atoms with van der Waals surface area (Å²) in [6, 6.07) is 2.15. The number of aromatic nitrogens is 2. The molecular weight excluding hydrogens is 176 g/mol. The van der Waals surface area contributed by atoms with E-state index in [2.05, 4.69) is 23.4 Å². The highest BCUT2D eigenvalue weighted by molar-refractivity contribution is 5.29. The Hall–Kier alpha value is -1.34. The second-order valence-electron chi connectivity index (χ2n) is 3.47. The van der Waals surface area contributed by atoms with Gasteiger partial charge in [-0.1, -0.05) is 6.92 Å². The van der Waals surface area contributed by atoms with E-state index in [1.165, 1.54) is 11.3 Å². The number of rotatable bonds is 2. The maximum atomic E-state index is 8.68. The molecule has 1 aliphatic rings. The summed E-state index contributed by atoms with van der Waals surface area (Å²) in [5.74, 6) is 0. The molecule has 14 heavy (non-hydrogen) atoms. The Morgan fingerprint density at radius 2 is 2.50 bits per heavy atom. The van der Waals surface area contributed by atoms with Gasteiger partial charge in [0.25, 0.3) is 0 Å². The van der Waals surface area contributed by atoms with Crippen LogP contribution >= 0.6 is 0 Å². The fourth-order valence-electron chi connectivity index (χ4n) is 1.97. The van der Waals surface area contributed by atoms with Gasteiger partial charge < -0.3 is 5.32 Å². The van der Waals surface area contributed by atoms with Crippen LogP contribution in [-0.4, -0.2) is 16.3 Å². The Kier molecular flexibility index (Phi) is 2.51. The third-order valence-corrected chi connectivity index (χ3v) is 2.65. The lowest BCUT2D eigenvalue weighted by Gasteiger charge is -2.14. The maximum absolute atomic E-state index is 8.68. The van der Waals surface area contributed by atoms with Crippen LogP contribution in [0.1, 0.15) is 23.9 Å². The third-order valence-electron chi connectivity index (χ3n) is 2.65. The smallest absolute Gasteiger partial charge is 0.128 e. The Morgan fingerprint density at radius 3 is 3.21 bits per heavy atom. The molecule has 1 N–H and O–H groups in total. The monoisotopic (exact) mass is 190 g/mol. The molecule has 0 fully saturated rings. The summed E-state index contributed by atoms with van der Waals surface area (Å²) in [6.07, 6.45) is 1.94. The van der Waals surface area contributed by atoms with E-state index in [1.807, 2.05) is 4.68 Å². The minimum Gasteiger partial charge on any atom is -0.312 e. The van der Waals surface area contributed by atoms with Crippen molar-refractivity contribution in [2.24, 2.45) is 0 Å². The van der Waals surface area contributed by atoms with E-state index in [4.69, 9.17) is 5.26 Å². The molecule has 0 saturated carbocycles. The Morgan fingerprint density at radius 1 is 1.64 bits per heavy atom. The molecule has 1 aromatic heterocycles. The van der Waals surface area contributed by atoms with Gasteiger partial charge in [-0.15, -0.1) is 0 Å². The van der Waals surface area contributed by atoms with E-state index in [0.717, 1.165) is 31.6 Å². The van der Waals surface area contributed by atoms with Crippen LogP contribution in [0.15, 0.2) is 0 Å². The molecule has 1 aliphatic heterocycles. The van der Waals surface area contributed by atoms with Gasteiger partial charge in [0.15, 0.2) is 0 Å². The summed E-state index contributed by atoms with van der Waals surface area (Å²) in [4.78, 5) is 0. The van der Waals surface area contributed by atoms with Gasteiger partial charge >= 0.3 is 0 Å². The van der Waals surface area contributed by atoms with Crippen molar-refractivity contribution >= 4 is 0 Å². The molecule has 0 atom stereocenters. The van der Waals surface area contributed by atoms with Crippen LogP contribution < -0.4 is 5.32 Å². The second kappa shape index (κ2) is 3.81. The molecule has 0 amide bonds. The summed E-state index contributed by atoms with van der Waals surface area (Å²) in [6.45, 7) is 4.38. The molecule has 0 aliphatic carbocycles. The summed E-state index contributed by atoms with van der Waals surface area (Å²) < 4.78 is 1.86. The first-order valence-electron chi connectivity index (χ1n) is 5.02. The molecular formula is C10H14N4. The summed E-state index contributed by atoms with van der Waals surface area (Å²) >= 11 is 0. The number of nitrogens with zero attached hydrogens (tertiary/aromatic N) is 3. The predicted octanol–water partition coefficient (Wildman–Crippen LogP) is 0.615. The van der Waals surface area contributed by atoms with Crippen LogP contribution in [0, 0.1) is 11.3 Å². The average molecular weight is 190 g/mol. The fraction of sp³-hybridized carbons (Fsp3) is 0.600. The van der Waals surface area contributed by atoms with Crippen LogP contribution in [0.2, 0.25) is 0 Å². The summed E-state index contributed by atoms with van der Waals surface area (Å²) in [7, 11) is 0. The van der Waals surface area contributed by atoms with Crippen molar-refractivity contribution in [1.29, 1.82) is 5.26 Å². The highest BCUT2D eigenvalue weighted by Crippen LogP contribution is 2.18. The Balaban J connectivity index is 2.42. The SMILES string of the molecule is CCc1nn(CC#N)c2c1CNCC2. The van der Waals surface area contributed by atoms with Crippen LogP contribution in [0.25, 0.3) is 0 Å². The van der Waals surface area contributed by atoms with Gasteiger partial charge in [0.1, 0.15) is 6.54 Å². The van der Waals surface area contributed by atoms with E-state index in [-0.39, 0.29) is 0 Å². The zero-order valence-electron chi connectivity index (χ0n) is 8.38. The molecule has 74 valence electrons. The van der Waals surface area contributed by atoms with Gasteiger partial charge in [0.2, 0.25) is 0 Å². The first kappa shape index (κ1) is 9.22. The lowest BCUT2D eigenvalue weighted by atomic mass is 10.1. The first-order valence-corrected chi connectivity index (χ1v) is 5.02. The lowest BCUT2D eigenvalue weighted by Crippen LogP contribution is -2.25. The Labute approximate surface area is 83.5 Å². The third kappa shape index (κ3) is 1.40. The molecule has 1 aromatic rings. The summed E-state index contributed by atoms with van der Waals surface area (Å²) in [5, 5.41) is 16.5. The number of aryl methyl sites for hydroxylation is 1. The van der Waals surface area contributed by atoms with Crippen molar-refractivity contribution in [3.05, 3.63) is 17.0 Å². The quantitative estimate of drug-likeness (QED) is 0.743. The van der Waals surface area contributed by atoms with Crippen LogP contribution in [0.4, 0.5) is 0 Å². The highest BCUT2D eigenvalue weighted by Gasteiger charge is 2.18. The van der Waals surface area contributed by atoms with Crippen molar-refractivity contribution in [3.63, 3.8) is 0 Å². The maximum Gasteiger partial charge on any atom is 0.128 e. The van der Waals surface area contributed by atoms with Crippen LogP contribution in [0.5, 0.6) is 0 Å². The van der Waals surface area contributed by atoms with Gasteiger partial charge in [0, 0.05) is 30.8 Å². The number of nitrogens with one attached hydrogen (secondary N) is 1. The van der Waals surface area contributed by atoms with Gasteiger partial charge in [-0.3, -0.25) is 4.68 Å². The minimum atomic E-state index is 0.377. The predicted molar refractivity (Wildman–Crippen MR) is 52.6 cm³/mol. The minimum absolute atomic E-state index is 0.377. The lowest BCUT2D eigenvalue weighted by molar-refractivity contribution is 0.590. The van der Waals surface area contributed by atoms with Crippen molar-refractivity contribution in [2.75, 3.05) is 6.54 Å². The highest BCUT2D eigenvalue weighted by atomic mass is 15.3. The van der Waals surface area contributed by atoms with Crippen molar-refractivity contribution in [3.8, 4) is 6.07 Å². The molecule has 0 bridgehead atoms. The Bertz CT molecular complexity index is 372. The van der Waals surface area contributed by atoms with Gasteiger partial charge in [-0.25, -0.2) is 0 Å². The average Bonchev–Trinajstić information content (AvgIpc) is 2.58. The molecule has 0 unspecified atom stereocenters. The van der Waals surface area contributed by atoms with Gasteiger partial charge in [-0.05, 0) is 6.42 Å². The topological polar surface area (TPSA) is 53.6 Å². The number of fused-ring (bicyclic) bond motifs is 1.